The number of amides is 2. The lowest BCUT2D eigenvalue weighted by molar-refractivity contribution is -0.127. The van der Waals surface area contributed by atoms with Gasteiger partial charge in [-0.25, -0.2) is 4.39 Å². The fourth-order valence-corrected chi connectivity index (χ4v) is 5.35. The smallest absolute Gasteiger partial charge is 0.253 e. The summed E-state index contributed by atoms with van der Waals surface area (Å²) in [6, 6.07) is 13.5. The fraction of sp³-hybridized carbons (Fsp3) is 0.320. The minimum absolute atomic E-state index is 0.0170. The van der Waals surface area contributed by atoms with Gasteiger partial charge in [0.2, 0.25) is 5.91 Å². The van der Waals surface area contributed by atoms with Gasteiger partial charge >= 0.3 is 0 Å². The van der Waals surface area contributed by atoms with Gasteiger partial charge in [0.25, 0.3) is 5.91 Å². The molecule has 0 bridgehead atoms. The van der Waals surface area contributed by atoms with Crippen LogP contribution in [0.5, 0.6) is 0 Å². The predicted molar refractivity (Wildman–Crippen MR) is 122 cm³/mol. The lowest BCUT2D eigenvalue weighted by atomic mass is 9.71. The summed E-state index contributed by atoms with van der Waals surface area (Å²) in [7, 11) is 0. The van der Waals surface area contributed by atoms with Gasteiger partial charge in [0.1, 0.15) is 5.82 Å². The van der Waals surface area contributed by atoms with Crippen molar-refractivity contribution in [2.24, 2.45) is 5.41 Å². The second-order valence-corrected chi connectivity index (χ2v) is 9.12. The van der Waals surface area contributed by atoms with Crippen LogP contribution >= 0.6 is 11.6 Å². The first kappa shape index (κ1) is 20.9. The number of hydrogen-bond donors (Lipinski definition) is 1. The van der Waals surface area contributed by atoms with Crippen LogP contribution in [0, 0.1) is 11.2 Å². The molecule has 1 N–H and O–H groups in total. The molecule has 7 heteroatoms. The van der Waals surface area contributed by atoms with Crippen molar-refractivity contribution in [3.8, 4) is 0 Å². The number of nitrogens with zero attached hydrogens (tertiary/aromatic N) is 2. The van der Waals surface area contributed by atoms with Crippen LogP contribution in [-0.4, -0.2) is 29.4 Å². The summed E-state index contributed by atoms with van der Waals surface area (Å²) in [5, 5.41) is 4.32. The Labute approximate surface area is 190 Å². The lowest BCUT2D eigenvalue weighted by Crippen LogP contribution is -2.44. The van der Waals surface area contributed by atoms with Gasteiger partial charge in [-0.3, -0.25) is 14.6 Å². The molecule has 1 aromatic heterocycles. The predicted octanol–water partition coefficient (Wildman–Crippen LogP) is 5.12. The Kier molecular flexibility index (Phi) is 5.33. The molecule has 5 rings (SSSR count). The van der Waals surface area contributed by atoms with Crippen molar-refractivity contribution in [1.29, 1.82) is 0 Å². The Morgan fingerprint density at radius 1 is 1.12 bits per heavy atom. The average Bonchev–Trinajstić information content (AvgIpc) is 3.10. The van der Waals surface area contributed by atoms with E-state index >= 15 is 0 Å². The van der Waals surface area contributed by atoms with Gasteiger partial charge in [0.05, 0.1) is 27.2 Å². The number of benzene rings is 2. The van der Waals surface area contributed by atoms with E-state index in [4.69, 9.17) is 11.6 Å². The molecule has 1 aliphatic carbocycles. The summed E-state index contributed by atoms with van der Waals surface area (Å²) in [6.45, 7) is 0.572. The summed E-state index contributed by atoms with van der Waals surface area (Å²) in [4.78, 5) is 32.3. The lowest BCUT2D eigenvalue weighted by Gasteiger charge is -2.36. The number of carbonyl (C=O) groups excluding carboxylic acids is 2. The highest BCUT2D eigenvalue weighted by atomic mass is 35.5. The largest absolute Gasteiger partial charge is 0.349 e. The van der Waals surface area contributed by atoms with Crippen molar-refractivity contribution in [3.05, 3.63) is 71.1 Å². The number of halogens is 2. The van der Waals surface area contributed by atoms with E-state index in [0.717, 1.165) is 24.6 Å². The number of hydrogen-bond acceptors (Lipinski definition) is 3. The van der Waals surface area contributed by atoms with E-state index in [1.165, 1.54) is 12.1 Å². The summed E-state index contributed by atoms with van der Waals surface area (Å²) in [6.07, 6.45) is 5.32. The van der Waals surface area contributed by atoms with E-state index in [0.29, 0.717) is 36.2 Å². The Bertz CT molecular complexity index is 1200. The highest BCUT2D eigenvalue weighted by molar-refractivity contribution is 6.34. The fourth-order valence-electron chi connectivity index (χ4n) is 5.08. The Morgan fingerprint density at radius 2 is 1.91 bits per heavy atom. The quantitative estimate of drug-likeness (QED) is 0.601. The van der Waals surface area contributed by atoms with Crippen LogP contribution < -0.4 is 10.2 Å². The maximum Gasteiger partial charge on any atom is 0.253 e. The first-order valence-electron chi connectivity index (χ1n) is 10.9. The van der Waals surface area contributed by atoms with Gasteiger partial charge in [-0.05, 0) is 62.4 Å². The molecule has 2 aliphatic rings. The van der Waals surface area contributed by atoms with Crippen LogP contribution in [-0.2, 0) is 4.79 Å². The van der Waals surface area contributed by atoms with Gasteiger partial charge in [-0.2, -0.15) is 0 Å². The number of para-hydroxylation sites is 1. The zero-order valence-electron chi connectivity index (χ0n) is 17.5. The molecular formula is C25H23ClFN3O2. The molecule has 2 amide bonds. The Morgan fingerprint density at radius 3 is 2.69 bits per heavy atom. The first-order chi connectivity index (χ1) is 15.5. The minimum atomic E-state index is -0.431. The molecule has 0 atom stereocenters. The maximum atomic E-state index is 13.4. The SMILES string of the molecule is O=C(NC1CCC2(CC1)CCN(c1ccc(F)cc1Cl)C2=O)c1cccc2cccnc12. The molecule has 32 heavy (non-hydrogen) atoms. The van der Waals surface area contributed by atoms with E-state index in [1.807, 2.05) is 24.3 Å². The molecule has 2 aromatic carbocycles. The molecule has 3 aromatic rings. The van der Waals surface area contributed by atoms with Crippen molar-refractivity contribution < 1.29 is 14.0 Å². The molecule has 1 spiro atoms. The van der Waals surface area contributed by atoms with Crippen molar-refractivity contribution in [2.45, 2.75) is 38.1 Å². The molecule has 1 aliphatic heterocycles. The maximum absolute atomic E-state index is 13.4. The second kappa shape index (κ2) is 8.17. The number of aromatic nitrogens is 1. The van der Waals surface area contributed by atoms with Gasteiger partial charge in [-0.15, -0.1) is 0 Å². The third-order valence-electron chi connectivity index (χ3n) is 6.87. The van der Waals surface area contributed by atoms with Crippen LogP contribution in [0.1, 0.15) is 42.5 Å². The van der Waals surface area contributed by atoms with E-state index in [9.17, 15) is 14.0 Å². The second-order valence-electron chi connectivity index (χ2n) is 8.71. The molecule has 2 heterocycles. The Balaban J connectivity index is 1.26. The number of rotatable bonds is 3. The molecular weight excluding hydrogens is 429 g/mol. The molecule has 0 radical (unpaired) electrons. The normalized spacial score (nSPS) is 23.1. The third kappa shape index (κ3) is 3.62. The summed E-state index contributed by atoms with van der Waals surface area (Å²) in [5.74, 6) is -0.500. The zero-order valence-corrected chi connectivity index (χ0v) is 18.2. The number of anilines is 1. The molecule has 1 saturated heterocycles. The van der Waals surface area contributed by atoms with Crippen molar-refractivity contribution >= 4 is 40.0 Å². The van der Waals surface area contributed by atoms with Gasteiger partial charge in [0.15, 0.2) is 0 Å². The van der Waals surface area contributed by atoms with Crippen LogP contribution in [0.4, 0.5) is 10.1 Å². The monoisotopic (exact) mass is 451 g/mol. The standard InChI is InChI=1S/C25H23ClFN3O2/c26-20-15-17(27)6-7-21(20)30-14-12-25(24(30)32)10-8-18(9-11-25)29-23(31)19-5-1-3-16-4-2-13-28-22(16)19/h1-7,13,15,18H,8-12,14H2,(H,29,31). The number of fused-ring (bicyclic) bond motifs is 1. The van der Waals surface area contributed by atoms with Crippen LogP contribution in [0.3, 0.4) is 0 Å². The highest BCUT2D eigenvalue weighted by Gasteiger charge is 2.49. The van der Waals surface area contributed by atoms with Gasteiger partial charge in [0, 0.05) is 24.2 Å². The summed E-state index contributed by atoms with van der Waals surface area (Å²) < 4.78 is 13.4. The van der Waals surface area contributed by atoms with E-state index in [2.05, 4.69) is 10.3 Å². The van der Waals surface area contributed by atoms with Crippen molar-refractivity contribution in [1.82, 2.24) is 10.3 Å². The number of carbonyl (C=O) groups is 2. The number of pyridine rings is 1. The third-order valence-corrected chi connectivity index (χ3v) is 7.17. The minimum Gasteiger partial charge on any atom is -0.349 e. The summed E-state index contributed by atoms with van der Waals surface area (Å²) >= 11 is 6.20. The molecule has 5 nitrogen and oxygen atoms in total. The van der Waals surface area contributed by atoms with Crippen LogP contribution in [0.25, 0.3) is 10.9 Å². The highest BCUT2D eigenvalue weighted by Crippen LogP contribution is 2.47. The molecule has 0 unspecified atom stereocenters. The van der Waals surface area contributed by atoms with E-state index in [-0.39, 0.29) is 22.9 Å². The van der Waals surface area contributed by atoms with E-state index in [1.54, 1.807) is 23.2 Å². The molecule has 164 valence electrons. The molecule has 2 fully saturated rings. The Hall–Kier alpha value is -2.99. The molecule has 1 saturated carbocycles. The van der Waals surface area contributed by atoms with E-state index < -0.39 is 11.2 Å². The van der Waals surface area contributed by atoms with Gasteiger partial charge in [-0.1, -0.05) is 29.8 Å². The van der Waals surface area contributed by atoms with Crippen molar-refractivity contribution in [3.63, 3.8) is 0 Å². The van der Waals surface area contributed by atoms with Crippen LogP contribution in [0.2, 0.25) is 5.02 Å². The zero-order chi connectivity index (χ0) is 22.3. The number of nitrogens with one attached hydrogen (secondary N) is 1. The topological polar surface area (TPSA) is 62.3 Å². The van der Waals surface area contributed by atoms with Crippen LogP contribution in [0.15, 0.2) is 54.7 Å². The van der Waals surface area contributed by atoms with Gasteiger partial charge < -0.3 is 10.2 Å². The average molecular weight is 452 g/mol. The van der Waals surface area contributed by atoms with Crippen molar-refractivity contribution in [2.75, 3.05) is 11.4 Å². The summed E-state index contributed by atoms with van der Waals surface area (Å²) in [5.41, 5.74) is 1.39. The first-order valence-corrected chi connectivity index (χ1v) is 11.3.